The number of hydrogen-bond donors (Lipinski definition) is 2. The van der Waals surface area contributed by atoms with Crippen molar-refractivity contribution in [3.63, 3.8) is 0 Å². The van der Waals surface area contributed by atoms with Crippen LogP contribution in [0.5, 0.6) is 0 Å². The van der Waals surface area contributed by atoms with Crippen LogP contribution in [0.3, 0.4) is 0 Å². The number of amides is 2. The molecule has 1 saturated carbocycles. The zero-order chi connectivity index (χ0) is 18.7. The Balaban J connectivity index is 1.63. The first-order chi connectivity index (χ1) is 12.5. The van der Waals surface area contributed by atoms with Crippen molar-refractivity contribution in [2.24, 2.45) is 11.8 Å². The van der Waals surface area contributed by atoms with Crippen LogP contribution in [0, 0.1) is 23.2 Å². The van der Waals surface area contributed by atoms with E-state index in [2.05, 4.69) is 24.5 Å². The van der Waals surface area contributed by atoms with Crippen molar-refractivity contribution in [1.82, 2.24) is 0 Å². The van der Waals surface area contributed by atoms with E-state index >= 15 is 0 Å². The predicted octanol–water partition coefficient (Wildman–Crippen LogP) is 3.89. The van der Waals surface area contributed by atoms with Gasteiger partial charge in [-0.05, 0) is 36.1 Å². The van der Waals surface area contributed by atoms with Gasteiger partial charge < -0.3 is 10.6 Å². The number of benzene rings is 2. The number of rotatable bonds is 5. The quantitative estimate of drug-likeness (QED) is 0.861. The van der Waals surface area contributed by atoms with Crippen LogP contribution in [0.2, 0.25) is 0 Å². The summed E-state index contributed by atoms with van der Waals surface area (Å²) in [7, 11) is 0. The van der Waals surface area contributed by atoms with Gasteiger partial charge in [-0.3, -0.25) is 9.59 Å². The molecule has 2 N–H and O–H groups in total. The molecule has 0 aliphatic heterocycles. The minimum atomic E-state index is -0.354. The number of carbonyl (C=O) groups is 2. The smallest absolute Gasteiger partial charge is 0.228 e. The molecule has 0 spiro atoms. The molecule has 0 saturated heterocycles. The van der Waals surface area contributed by atoms with E-state index in [1.54, 1.807) is 24.3 Å². The fourth-order valence-electron chi connectivity index (χ4n) is 3.03. The minimum absolute atomic E-state index is 0.133. The summed E-state index contributed by atoms with van der Waals surface area (Å²) in [6.07, 6.45) is 0.524. The van der Waals surface area contributed by atoms with Crippen molar-refractivity contribution in [3.8, 4) is 6.07 Å². The molecule has 1 aliphatic rings. The highest BCUT2D eigenvalue weighted by atomic mass is 16.2. The summed E-state index contributed by atoms with van der Waals surface area (Å²) in [5.74, 6) is -0.735. The number of hydrogen-bond acceptors (Lipinski definition) is 3. The molecule has 5 nitrogen and oxygen atoms in total. The normalized spacial score (nSPS) is 18.1. The van der Waals surface area contributed by atoms with Gasteiger partial charge >= 0.3 is 0 Å². The first-order valence-corrected chi connectivity index (χ1v) is 8.71. The van der Waals surface area contributed by atoms with Crippen molar-refractivity contribution in [2.75, 3.05) is 10.6 Å². The van der Waals surface area contributed by atoms with Crippen molar-refractivity contribution >= 4 is 23.2 Å². The van der Waals surface area contributed by atoms with Gasteiger partial charge in [0.1, 0.15) is 6.07 Å². The fraction of sp³-hybridized carbons (Fsp3) is 0.286. The third-order valence-electron chi connectivity index (χ3n) is 4.61. The minimum Gasteiger partial charge on any atom is -0.326 e. The van der Waals surface area contributed by atoms with Gasteiger partial charge in [-0.15, -0.1) is 0 Å². The molecule has 2 aromatic rings. The lowest BCUT2D eigenvalue weighted by Gasteiger charge is -2.13. The molecule has 0 heterocycles. The Labute approximate surface area is 153 Å². The van der Waals surface area contributed by atoms with Crippen LogP contribution in [0.15, 0.2) is 48.5 Å². The molecule has 5 heteroatoms. The molecule has 1 fully saturated rings. The molecule has 26 heavy (non-hydrogen) atoms. The van der Waals surface area contributed by atoms with Crippen LogP contribution < -0.4 is 10.6 Å². The maximum atomic E-state index is 12.5. The largest absolute Gasteiger partial charge is 0.326 e. The van der Waals surface area contributed by atoms with Gasteiger partial charge in [0.25, 0.3) is 0 Å². The summed E-state index contributed by atoms with van der Waals surface area (Å²) in [6.45, 7) is 4.15. The van der Waals surface area contributed by atoms with Gasteiger partial charge in [-0.2, -0.15) is 5.26 Å². The van der Waals surface area contributed by atoms with Crippen LogP contribution in [0.25, 0.3) is 0 Å². The second-order valence-electron chi connectivity index (χ2n) is 6.83. The monoisotopic (exact) mass is 347 g/mol. The lowest BCUT2D eigenvalue weighted by molar-refractivity contribution is -0.122. The van der Waals surface area contributed by atoms with E-state index in [1.165, 1.54) is 0 Å². The number of nitriles is 1. The summed E-state index contributed by atoms with van der Waals surface area (Å²) in [4.78, 5) is 24.9. The fourth-order valence-corrected chi connectivity index (χ4v) is 3.03. The summed E-state index contributed by atoms with van der Waals surface area (Å²) in [6, 6.07) is 16.6. The van der Waals surface area contributed by atoms with Gasteiger partial charge in [0, 0.05) is 5.69 Å². The molecule has 132 valence electrons. The van der Waals surface area contributed by atoms with Crippen LogP contribution in [0.1, 0.15) is 37.3 Å². The standard InChI is InChI=1S/C21H21N3O2/c1-13(2)15-8-4-6-10-19(15)24-21(26)17-11-16(17)20(25)23-18-9-5-3-7-14(18)12-22/h3-10,13,16-17H,11H2,1-2H3,(H,23,25)(H,24,26). The summed E-state index contributed by atoms with van der Waals surface area (Å²) in [5, 5.41) is 14.8. The Bertz CT molecular complexity index is 883. The first-order valence-electron chi connectivity index (χ1n) is 8.71. The lowest BCUT2D eigenvalue weighted by atomic mass is 10.0. The first kappa shape index (κ1) is 17.7. The Morgan fingerprint density at radius 2 is 1.50 bits per heavy atom. The highest BCUT2D eigenvalue weighted by molar-refractivity contribution is 6.03. The molecule has 2 atom stereocenters. The average molecular weight is 347 g/mol. The molecule has 0 radical (unpaired) electrons. The zero-order valence-corrected chi connectivity index (χ0v) is 14.8. The molecule has 2 unspecified atom stereocenters. The van der Waals surface area contributed by atoms with Crippen molar-refractivity contribution in [1.29, 1.82) is 5.26 Å². The number of nitrogens with zero attached hydrogens (tertiary/aromatic N) is 1. The third kappa shape index (κ3) is 3.75. The Kier molecular flexibility index (Phi) is 5.04. The number of carbonyl (C=O) groups excluding carboxylic acids is 2. The molecule has 0 bridgehead atoms. The van der Waals surface area contributed by atoms with E-state index in [0.717, 1.165) is 11.3 Å². The second-order valence-corrected chi connectivity index (χ2v) is 6.83. The van der Waals surface area contributed by atoms with Crippen molar-refractivity contribution < 1.29 is 9.59 Å². The van der Waals surface area contributed by atoms with Gasteiger partial charge in [0.15, 0.2) is 0 Å². The zero-order valence-electron chi connectivity index (χ0n) is 14.8. The van der Waals surface area contributed by atoms with Crippen LogP contribution in [0.4, 0.5) is 11.4 Å². The number of nitrogens with one attached hydrogen (secondary N) is 2. The van der Waals surface area contributed by atoms with Crippen LogP contribution >= 0.6 is 0 Å². The average Bonchev–Trinajstić information content (AvgIpc) is 3.43. The molecular formula is C21H21N3O2. The van der Waals surface area contributed by atoms with E-state index in [1.807, 2.05) is 30.3 Å². The number of para-hydroxylation sites is 2. The summed E-state index contributed by atoms with van der Waals surface area (Å²) in [5.41, 5.74) is 2.77. The molecule has 2 amide bonds. The van der Waals surface area contributed by atoms with Gasteiger partial charge in [0.05, 0.1) is 23.1 Å². The van der Waals surface area contributed by atoms with Crippen molar-refractivity contribution in [3.05, 3.63) is 59.7 Å². The molecule has 2 aromatic carbocycles. The summed E-state index contributed by atoms with van der Waals surface area (Å²) >= 11 is 0. The Hall–Kier alpha value is -3.13. The molecular weight excluding hydrogens is 326 g/mol. The Morgan fingerprint density at radius 3 is 2.12 bits per heavy atom. The predicted molar refractivity (Wildman–Crippen MR) is 101 cm³/mol. The maximum absolute atomic E-state index is 12.5. The maximum Gasteiger partial charge on any atom is 0.228 e. The highest BCUT2D eigenvalue weighted by Crippen LogP contribution is 2.40. The molecule has 3 rings (SSSR count). The topological polar surface area (TPSA) is 82.0 Å². The Morgan fingerprint density at radius 1 is 0.962 bits per heavy atom. The summed E-state index contributed by atoms with van der Waals surface area (Å²) < 4.78 is 0. The second kappa shape index (κ2) is 7.40. The molecule has 0 aromatic heterocycles. The SMILES string of the molecule is CC(C)c1ccccc1NC(=O)C1CC1C(=O)Nc1ccccc1C#N. The van der Waals surface area contributed by atoms with E-state index in [-0.39, 0.29) is 23.7 Å². The molecule has 1 aliphatic carbocycles. The van der Waals surface area contributed by atoms with Crippen LogP contribution in [-0.2, 0) is 9.59 Å². The lowest BCUT2D eigenvalue weighted by Crippen LogP contribution is -2.21. The van der Waals surface area contributed by atoms with Crippen LogP contribution in [-0.4, -0.2) is 11.8 Å². The van der Waals surface area contributed by atoms with Crippen molar-refractivity contribution in [2.45, 2.75) is 26.2 Å². The van der Waals surface area contributed by atoms with Gasteiger partial charge in [-0.1, -0.05) is 44.2 Å². The van der Waals surface area contributed by atoms with E-state index < -0.39 is 0 Å². The van der Waals surface area contributed by atoms with E-state index in [4.69, 9.17) is 5.26 Å². The third-order valence-corrected chi connectivity index (χ3v) is 4.61. The van der Waals surface area contributed by atoms with E-state index in [9.17, 15) is 9.59 Å². The van der Waals surface area contributed by atoms with Gasteiger partial charge in [0.2, 0.25) is 11.8 Å². The van der Waals surface area contributed by atoms with E-state index in [0.29, 0.717) is 23.6 Å². The van der Waals surface area contributed by atoms with Gasteiger partial charge in [-0.25, -0.2) is 0 Å². The number of anilines is 2. The highest BCUT2D eigenvalue weighted by Gasteiger charge is 2.48.